The Morgan fingerprint density at radius 3 is 2.72 bits per heavy atom. The number of ether oxygens (including phenoxy) is 3. The molecule has 6 heteroatoms. The van der Waals surface area contributed by atoms with Crippen LogP contribution in [-0.2, 0) is 16.1 Å². The lowest BCUT2D eigenvalue weighted by Crippen LogP contribution is -2.15. The molecule has 0 heterocycles. The Balaban J connectivity index is 2.84. The number of hydrogen-bond acceptors (Lipinski definition) is 5. The van der Waals surface area contributed by atoms with Gasteiger partial charge in [-0.15, -0.1) is 0 Å². The standard InChI is InChI=1S/C12H15BrO5/c1-3-17-11(15)7-18-12-9(13)4-8(6-14)5-10(12)16-2/h4-5,14H,3,6-7H2,1-2H3. The SMILES string of the molecule is CCOC(=O)COc1c(Br)cc(CO)cc1OC. The Kier molecular flexibility index (Phi) is 5.94. The molecule has 1 aromatic rings. The van der Waals surface area contributed by atoms with Crippen molar-refractivity contribution in [2.75, 3.05) is 20.3 Å². The molecular formula is C12H15BrO5. The Bertz CT molecular complexity index is 419. The van der Waals surface area contributed by atoms with E-state index in [4.69, 9.17) is 19.3 Å². The molecular weight excluding hydrogens is 304 g/mol. The molecule has 0 saturated carbocycles. The van der Waals surface area contributed by atoms with Crippen molar-refractivity contribution in [3.05, 3.63) is 22.2 Å². The zero-order valence-electron chi connectivity index (χ0n) is 10.2. The largest absolute Gasteiger partial charge is 0.493 e. The van der Waals surface area contributed by atoms with Gasteiger partial charge < -0.3 is 19.3 Å². The first-order valence-corrected chi connectivity index (χ1v) is 6.17. The van der Waals surface area contributed by atoms with Crippen molar-refractivity contribution < 1.29 is 24.1 Å². The van der Waals surface area contributed by atoms with E-state index in [0.29, 0.717) is 28.1 Å². The molecule has 0 atom stereocenters. The summed E-state index contributed by atoms with van der Waals surface area (Å²) >= 11 is 3.30. The molecule has 0 aliphatic heterocycles. The van der Waals surface area contributed by atoms with E-state index in [0.717, 1.165) is 0 Å². The van der Waals surface area contributed by atoms with E-state index in [9.17, 15) is 4.79 Å². The van der Waals surface area contributed by atoms with Gasteiger partial charge in [0.1, 0.15) is 0 Å². The van der Waals surface area contributed by atoms with E-state index < -0.39 is 5.97 Å². The lowest BCUT2D eigenvalue weighted by molar-refractivity contribution is -0.145. The van der Waals surface area contributed by atoms with Crippen LogP contribution in [0.3, 0.4) is 0 Å². The third-order valence-corrected chi connectivity index (χ3v) is 2.70. The van der Waals surface area contributed by atoms with Gasteiger partial charge in [0.05, 0.1) is 24.8 Å². The molecule has 0 bridgehead atoms. The van der Waals surface area contributed by atoms with Gasteiger partial charge in [0, 0.05) is 0 Å². The topological polar surface area (TPSA) is 65.0 Å². The summed E-state index contributed by atoms with van der Waals surface area (Å²) in [6.07, 6.45) is 0. The molecule has 1 rings (SSSR count). The second-order valence-electron chi connectivity index (χ2n) is 3.36. The number of carbonyl (C=O) groups excluding carboxylic acids is 1. The first kappa shape index (κ1) is 14.8. The number of aliphatic hydroxyl groups excluding tert-OH is 1. The van der Waals surface area contributed by atoms with Crippen LogP contribution in [-0.4, -0.2) is 31.4 Å². The van der Waals surface area contributed by atoms with Gasteiger partial charge in [-0.2, -0.15) is 0 Å². The van der Waals surface area contributed by atoms with Gasteiger partial charge in [-0.3, -0.25) is 0 Å². The van der Waals surface area contributed by atoms with Crippen molar-refractivity contribution in [3.63, 3.8) is 0 Å². The fourth-order valence-electron chi connectivity index (χ4n) is 1.34. The van der Waals surface area contributed by atoms with Gasteiger partial charge in [0.2, 0.25) is 0 Å². The summed E-state index contributed by atoms with van der Waals surface area (Å²) in [5.74, 6) is 0.401. The van der Waals surface area contributed by atoms with Crippen LogP contribution < -0.4 is 9.47 Å². The van der Waals surface area contributed by atoms with Crippen molar-refractivity contribution in [3.8, 4) is 11.5 Å². The predicted octanol–water partition coefficient (Wildman–Crippen LogP) is 1.89. The number of benzene rings is 1. The highest BCUT2D eigenvalue weighted by Crippen LogP contribution is 2.36. The Labute approximate surface area is 114 Å². The van der Waals surface area contributed by atoms with Crippen molar-refractivity contribution >= 4 is 21.9 Å². The van der Waals surface area contributed by atoms with E-state index in [1.807, 2.05) is 0 Å². The van der Waals surface area contributed by atoms with E-state index >= 15 is 0 Å². The van der Waals surface area contributed by atoms with Crippen LogP contribution in [0.25, 0.3) is 0 Å². The zero-order chi connectivity index (χ0) is 13.5. The van der Waals surface area contributed by atoms with Crippen LogP contribution in [0, 0.1) is 0 Å². The monoisotopic (exact) mass is 318 g/mol. The highest BCUT2D eigenvalue weighted by Gasteiger charge is 2.13. The number of carbonyl (C=O) groups is 1. The van der Waals surface area contributed by atoms with Crippen molar-refractivity contribution in [1.29, 1.82) is 0 Å². The van der Waals surface area contributed by atoms with Gasteiger partial charge in [0.25, 0.3) is 0 Å². The number of aliphatic hydroxyl groups is 1. The summed E-state index contributed by atoms with van der Waals surface area (Å²) in [4.78, 5) is 11.2. The minimum absolute atomic E-state index is 0.104. The van der Waals surface area contributed by atoms with Gasteiger partial charge in [0.15, 0.2) is 18.1 Å². The average molecular weight is 319 g/mol. The third kappa shape index (κ3) is 3.89. The zero-order valence-corrected chi connectivity index (χ0v) is 11.8. The Morgan fingerprint density at radius 2 is 2.17 bits per heavy atom. The molecule has 0 amide bonds. The summed E-state index contributed by atoms with van der Waals surface area (Å²) in [6.45, 7) is 1.74. The number of halogens is 1. The molecule has 0 saturated heterocycles. The first-order valence-electron chi connectivity index (χ1n) is 5.38. The Morgan fingerprint density at radius 1 is 1.44 bits per heavy atom. The second-order valence-corrected chi connectivity index (χ2v) is 4.22. The van der Waals surface area contributed by atoms with Crippen LogP contribution in [0.2, 0.25) is 0 Å². The van der Waals surface area contributed by atoms with Crippen LogP contribution in [0.5, 0.6) is 11.5 Å². The molecule has 0 unspecified atom stereocenters. The minimum Gasteiger partial charge on any atom is -0.493 e. The number of methoxy groups -OCH3 is 1. The molecule has 0 radical (unpaired) electrons. The van der Waals surface area contributed by atoms with E-state index in [-0.39, 0.29) is 13.2 Å². The van der Waals surface area contributed by atoms with E-state index in [2.05, 4.69) is 15.9 Å². The first-order chi connectivity index (χ1) is 8.62. The lowest BCUT2D eigenvalue weighted by Gasteiger charge is -2.13. The fourth-order valence-corrected chi connectivity index (χ4v) is 1.94. The summed E-state index contributed by atoms with van der Waals surface area (Å²) in [7, 11) is 1.49. The van der Waals surface area contributed by atoms with Crippen LogP contribution in [0.15, 0.2) is 16.6 Å². The predicted molar refractivity (Wildman–Crippen MR) is 68.7 cm³/mol. The maximum atomic E-state index is 11.2. The molecule has 1 N–H and O–H groups in total. The molecule has 100 valence electrons. The molecule has 0 fully saturated rings. The van der Waals surface area contributed by atoms with Crippen molar-refractivity contribution in [1.82, 2.24) is 0 Å². The van der Waals surface area contributed by atoms with Crippen LogP contribution in [0.4, 0.5) is 0 Å². The third-order valence-electron chi connectivity index (χ3n) is 2.11. The summed E-state index contributed by atoms with van der Waals surface area (Å²) in [5.41, 5.74) is 0.683. The maximum absolute atomic E-state index is 11.2. The lowest BCUT2D eigenvalue weighted by atomic mass is 10.2. The quantitative estimate of drug-likeness (QED) is 0.811. The molecule has 0 aromatic heterocycles. The molecule has 0 spiro atoms. The maximum Gasteiger partial charge on any atom is 0.344 e. The molecule has 1 aromatic carbocycles. The molecule has 0 aliphatic rings. The smallest absolute Gasteiger partial charge is 0.344 e. The van der Waals surface area contributed by atoms with Crippen LogP contribution >= 0.6 is 15.9 Å². The number of hydrogen-bond donors (Lipinski definition) is 1. The van der Waals surface area contributed by atoms with Crippen molar-refractivity contribution in [2.24, 2.45) is 0 Å². The average Bonchev–Trinajstić information content (AvgIpc) is 2.36. The number of rotatable bonds is 6. The fraction of sp³-hybridized carbons (Fsp3) is 0.417. The van der Waals surface area contributed by atoms with Gasteiger partial charge in [-0.1, -0.05) is 0 Å². The van der Waals surface area contributed by atoms with Gasteiger partial charge in [-0.25, -0.2) is 4.79 Å². The van der Waals surface area contributed by atoms with Gasteiger partial charge in [-0.05, 0) is 40.5 Å². The second kappa shape index (κ2) is 7.23. The highest BCUT2D eigenvalue weighted by molar-refractivity contribution is 9.10. The summed E-state index contributed by atoms with van der Waals surface area (Å²) < 4.78 is 15.9. The molecule has 0 aliphatic carbocycles. The van der Waals surface area contributed by atoms with E-state index in [1.54, 1.807) is 19.1 Å². The van der Waals surface area contributed by atoms with Crippen LogP contribution in [0.1, 0.15) is 12.5 Å². The minimum atomic E-state index is -0.447. The Hall–Kier alpha value is -1.27. The van der Waals surface area contributed by atoms with Gasteiger partial charge >= 0.3 is 5.97 Å². The highest BCUT2D eigenvalue weighted by atomic mass is 79.9. The molecule has 18 heavy (non-hydrogen) atoms. The summed E-state index contributed by atoms with van der Waals surface area (Å²) in [6, 6.07) is 3.34. The number of esters is 1. The molecule has 5 nitrogen and oxygen atoms in total. The normalized spacial score (nSPS) is 10.0. The summed E-state index contributed by atoms with van der Waals surface area (Å²) in [5, 5.41) is 9.07. The van der Waals surface area contributed by atoms with E-state index in [1.165, 1.54) is 7.11 Å². The van der Waals surface area contributed by atoms with Crippen molar-refractivity contribution in [2.45, 2.75) is 13.5 Å².